The lowest BCUT2D eigenvalue weighted by atomic mass is 10.3. The van der Waals surface area contributed by atoms with E-state index in [1.165, 1.54) is 6.92 Å². The van der Waals surface area contributed by atoms with Crippen LogP contribution in [0, 0.1) is 0 Å². The quantitative estimate of drug-likeness (QED) is 0.293. The first kappa shape index (κ1) is 15.1. The van der Waals surface area contributed by atoms with Gasteiger partial charge in [-0.3, -0.25) is 0 Å². The number of rotatable bonds is 5. The fourth-order valence-electron chi connectivity index (χ4n) is 0.657. The first-order valence-corrected chi connectivity index (χ1v) is 4.64. The van der Waals surface area contributed by atoms with Gasteiger partial charge in [-0.25, -0.2) is 14.4 Å². The fourth-order valence-corrected chi connectivity index (χ4v) is 0.657. The minimum Gasteiger partial charge on any atom is -0.461 e. The Morgan fingerprint density at radius 2 is 1.59 bits per heavy atom. The van der Waals surface area contributed by atoms with E-state index in [0.717, 1.165) is 7.11 Å². The van der Waals surface area contributed by atoms with Gasteiger partial charge in [0.1, 0.15) is 19.3 Å². The van der Waals surface area contributed by atoms with Gasteiger partial charge in [-0.1, -0.05) is 6.58 Å². The molecule has 0 aliphatic heterocycles. The highest BCUT2D eigenvalue weighted by Crippen LogP contribution is 1.95. The predicted octanol–water partition coefficient (Wildman–Crippen LogP) is -0.817. The summed E-state index contributed by atoms with van der Waals surface area (Å²) in [4.78, 5) is 32.3. The summed E-state index contributed by atoms with van der Waals surface area (Å²) in [6, 6.07) is 0. The molecule has 17 heavy (non-hydrogen) atoms. The van der Waals surface area contributed by atoms with Crippen LogP contribution in [0.2, 0.25) is 0 Å². The van der Waals surface area contributed by atoms with Crippen molar-refractivity contribution in [2.24, 2.45) is 0 Å². The van der Waals surface area contributed by atoms with Crippen LogP contribution in [-0.4, -0.2) is 49.4 Å². The van der Waals surface area contributed by atoms with E-state index in [9.17, 15) is 19.5 Å². The summed E-state index contributed by atoms with van der Waals surface area (Å²) in [5, 5.41) is 9.25. The molecular weight excluding hydrogens is 232 g/mol. The standard InChI is InChI=1S/C10H14O7/c1-6(2)8(12)16-4-7(11)5-17-10(14)9(13)15-3/h7,11H,1,4-5H2,2-3H3. The van der Waals surface area contributed by atoms with Gasteiger partial charge in [0, 0.05) is 5.57 Å². The minimum atomic E-state index is -1.22. The maximum absolute atomic E-state index is 10.9. The highest BCUT2D eigenvalue weighted by atomic mass is 16.6. The van der Waals surface area contributed by atoms with Crippen LogP contribution in [0.25, 0.3) is 0 Å². The molecule has 0 radical (unpaired) electrons. The Bertz CT molecular complexity index is 321. The zero-order valence-corrected chi connectivity index (χ0v) is 9.60. The summed E-state index contributed by atoms with van der Waals surface area (Å²) in [6.07, 6.45) is -1.22. The summed E-state index contributed by atoms with van der Waals surface area (Å²) >= 11 is 0. The van der Waals surface area contributed by atoms with Crippen molar-refractivity contribution in [1.82, 2.24) is 0 Å². The number of hydrogen-bond acceptors (Lipinski definition) is 7. The molecule has 0 aromatic carbocycles. The Kier molecular flexibility index (Phi) is 6.57. The second-order valence-corrected chi connectivity index (χ2v) is 3.12. The molecule has 0 aliphatic carbocycles. The topological polar surface area (TPSA) is 99.1 Å². The van der Waals surface area contributed by atoms with E-state index in [1.54, 1.807) is 0 Å². The van der Waals surface area contributed by atoms with Gasteiger partial charge in [-0.15, -0.1) is 0 Å². The highest BCUT2D eigenvalue weighted by molar-refractivity contribution is 6.29. The Balaban J connectivity index is 3.84. The van der Waals surface area contributed by atoms with Crippen molar-refractivity contribution < 1.29 is 33.7 Å². The molecule has 0 heterocycles. The average Bonchev–Trinajstić information content (AvgIpc) is 2.31. The van der Waals surface area contributed by atoms with Crippen LogP contribution in [0.4, 0.5) is 0 Å². The van der Waals surface area contributed by atoms with Gasteiger partial charge < -0.3 is 19.3 Å². The number of methoxy groups -OCH3 is 1. The Morgan fingerprint density at radius 1 is 1.12 bits per heavy atom. The van der Waals surface area contributed by atoms with E-state index in [1.807, 2.05) is 0 Å². The molecule has 1 atom stereocenters. The second-order valence-electron chi connectivity index (χ2n) is 3.12. The van der Waals surface area contributed by atoms with Gasteiger partial charge in [0.15, 0.2) is 0 Å². The molecule has 1 N–H and O–H groups in total. The fraction of sp³-hybridized carbons (Fsp3) is 0.500. The lowest BCUT2D eigenvalue weighted by molar-refractivity contribution is -0.168. The van der Waals surface area contributed by atoms with Crippen LogP contribution in [0.1, 0.15) is 6.92 Å². The molecule has 0 aromatic heterocycles. The summed E-state index contributed by atoms with van der Waals surface area (Å²) in [6.45, 7) is 3.95. The summed E-state index contributed by atoms with van der Waals surface area (Å²) in [5.74, 6) is -3.06. The third kappa shape index (κ3) is 6.31. The zero-order chi connectivity index (χ0) is 13.4. The molecule has 0 amide bonds. The molecule has 96 valence electrons. The van der Waals surface area contributed by atoms with Crippen LogP contribution in [-0.2, 0) is 28.6 Å². The number of carbonyl (C=O) groups is 3. The maximum Gasteiger partial charge on any atom is 0.417 e. The van der Waals surface area contributed by atoms with Gasteiger partial charge in [-0.2, -0.15) is 0 Å². The number of ether oxygens (including phenoxy) is 3. The number of carbonyl (C=O) groups excluding carboxylic acids is 3. The van der Waals surface area contributed by atoms with Gasteiger partial charge in [0.25, 0.3) is 0 Å². The first-order valence-electron chi connectivity index (χ1n) is 4.64. The summed E-state index contributed by atoms with van der Waals surface area (Å²) < 4.78 is 13.0. The third-order valence-corrected chi connectivity index (χ3v) is 1.51. The molecule has 0 saturated carbocycles. The number of hydrogen-bond donors (Lipinski definition) is 1. The van der Waals surface area contributed by atoms with E-state index in [4.69, 9.17) is 0 Å². The Hall–Kier alpha value is -1.89. The van der Waals surface area contributed by atoms with Crippen molar-refractivity contribution in [1.29, 1.82) is 0 Å². The first-order chi connectivity index (χ1) is 7.88. The molecular formula is C10H14O7. The highest BCUT2D eigenvalue weighted by Gasteiger charge is 2.18. The zero-order valence-electron chi connectivity index (χ0n) is 9.60. The normalized spacial score (nSPS) is 11.2. The lowest BCUT2D eigenvalue weighted by Gasteiger charge is -2.11. The number of aliphatic hydroxyl groups is 1. The number of esters is 3. The SMILES string of the molecule is C=C(C)C(=O)OCC(O)COC(=O)C(=O)OC. The number of aliphatic hydroxyl groups excluding tert-OH is 1. The van der Waals surface area contributed by atoms with Crippen molar-refractivity contribution in [3.8, 4) is 0 Å². The lowest BCUT2D eigenvalue weighted by Crippen LogP contribution is -2.28. The van der Waals surface area contributed by atoms with Crippen molar-refractivity contribution in [3.63, 3.8) is 0 Å². The Labute approximate surface area is 98.0 Å². The molecule has 7 heteroatoms. The smallest absolute Gasteiger partial charge is 0.417 e. The van der Waals surface area contributed by atoms with Crippen LogP contribution in [0.15, 0.2) is 12.2 Å². The van der Waals surface area contributed by atoms with E-state index >= 15 is 0 Å². The van der Waals surface area contributed by atoms with Crippen LogP contribution in [0.5, 0.6) is 0 Å². The molecule has 0 aromatic rings. The van der Waals surface area contributed by atoms with E-state index in [-0.39, 0.29) is 12.2 Å². The summed E-state index contributed by atoms with van der Waals surface area (Å²) in [5.41, 5.74) is 0.184. The molecule has 0 spiro atoms. The van der Waals surface area contributed by atoms with Crippen molar-refractivity contribution >= 4 is 17.9 Å². The van der Waals surface area contributed by atoms with Gasteiger partial charge in [0.2, 0.25) is 0 Å². The van der Waals surface area contributed by atoms with Gasteiger partial charge >= 0.3 is 17.9 Å². The average molecular weight is 246 g/mol. The predicted molar refractivity (Wildman–Crippen MR) is 54.8 cm³/mol. The van der Waals surface area contributed by atoms with Gasteiger partial charge in [0.05, 0.1) is 7.11 Å². The molecule has 0 rings (SSSR count). The Morgan fingerprint density at radius 3 is 2.00 bits per heavy atom. The third-order valence-electron chi connectivity index (χ3n) is 1.51. The summed E-state index contributed by atoms with van der Waals surface area (Å²) in [7, 11) is 1.02. The van der Waals surface area contributed by atoms with Crippen LogP contribution < -0.4 is 0 Å². The molecule has 0 bridgehead atoms. The molecule has 0 fully saturated rings. The van der Waals surface area contributed by atoms with Crippen molar-refractivity contribution in [2.75, 3.05) is 20.3 Å². The van der Waals surface area contributed by atoms with Gasteiger partial charge in [-0.05, 0) is 6.92 Å². The van der Waals surface area contributed by atoms with E-state index in [0.29, 0.717) is 0 Å². The van der Waals surface area contributed by atoms with Crippen LogP contribution in [0.3, 0.4) is 0 Å². The molecule has 1 unspecified atom stereocenters. The molecule has 0 saturated heterocycles. The van der Waals surface area contributed by atoms with Crippen LogP contribution >= 0.6 is 0 Å². The van der Waals surface area contributed by atoms with E-state index in [2.05, 4.69) is 20.8 Å². The molecule has 0 aliphatic rings. The minimum absolute atomic E-state index is 0.184. The van der Waals surface area contributed by atoms with Crippen molar-refractivity contribution in [3.05, 3.63) is 12.2 Å². The maximum atomic E-state index is 10.9. The second kappa shape index (κ2) is 7.39. The molecule has 7 nitrogen and oxygen atoms in total. The van der Waals surface area contributed by atoms with Crippen molar-refractivity contribution in [2.45, 2.75) is 13.0 Å². The largest absolute Gasteiger partial charge is 0.461 e. The van der Waals surface area contributed by atoms with E-state index < -0.39 is 30.6 Å². The monoisotopic (exact) mass is 246 g/mol.